The summed E-state index contributed by atoms with van der Waals surface area (Å²) in [5.74, 6) is 1.54. The molecule has 1 aromatic rings. The van der Waals surface area contributed by atoms with Gasteiger partial charge in [0, 0.05) is 18.6 Å². The molecule has 1 rings (SSSR count). The number of halogens is 1. The maximum Gasteiger partial charge on any atom is 0.162 e. The molecule has 0 aliphatic carbocycles. The van der Waals surface area contributed by atoms with Gasteiger partial charge in [-0.1, -0.05) is 20.8 Å². The Morgan fingerprint density at radius 3 is 2.15 bits per heavy atom. The Hall–Kier alpha value is -0.680. The zero-order valence-corrected chi connectivity index (χ0v) is 15.2. The molecule has 1 N–H and O–H groups in total. The van der Waals surface area contributed by atoms with Crippen LogP contribution in [0.2, 0.25) is 0 Å². The molecule has 0 atom stereocenters. The summed E-state index contributed by atoms with van der Waals surface area (Å²) in [6.45, 7) is 15.9. The van der Waals surface area contributed by atoms with Crippen LogP contribution in [0.4, 0.5) is 5.82 Å². The summed E-state index contributed by atoms with van der Waals surface area (Å²) in [6.07, 6.45) is 0. The second-order valence-corrected chi connectivity index (χ2v) is 7.08. The lowest BCUT2D eigenvalue weighted by molar-refractivity contribution is -0.0210. The molecule has 0 unspecified atom stereocenters. The highest BCUT2D eigenvalue weighted by Gasteiger charge is 2.30. The molecule has 20 heavy (non-hydrogen) atoms. The molecule has 1 heterocycles. The number of nitrogens with one attached hydrogen (secondary N) is 1. The van der Waals surface area contributed by atoms with Gasteiger partial charge >= 0.3 is 0 Å². The topological polar surface area (TPSA) is 47.0 Å². The molecule has 0 aliphatic rings. The largest absolute Gasteiger partial charge is 0.369 e. The predicted octanol–water partition coefficient (Wildman–Crippen LogP) is 4.24. The van der Waals surface area contributed by atoms with Gasteiger partial charge in [0.25, 0.3) is 0 Å². The fraction of sp³-hybridized carbons (Fsp3) is 0.733. The second-order valence-electron chi connectivity index (χ2n) is 6.28. The van der Waals surface area contributed by atoms with E-state index in [-0.39, 0.29) is 5.41 Å². The van der Waals surface area contributed by atoms with Gasteiger partial charge in [-0.05, 0) is 43.6 Å². The van der Waals surface area contributed by atoms with Crippen LogP contribution in [0.15, 0.2) is 4.47 Å². The minimum Gasteiger partial charge on any atom is -0.369 e. The Bertz CT molecular complexity index is 467. The van der Waals surface area contributed by atoms with Crippen molar-refractivity contribution in [2.75, 3.05) is 18.5 Å². The van der Waals surface area contributed by atoms with Crippen molar-refractivity contribution in [1.29, 1.82) is 0 Å². The Kier molecular flexibility index (Phi) is 5.55. The van der Waals surface area contributed by atoms with Crippen LogP contribution in [0.1, 0.15) is 60.0 Å². The normalized spacial score (nSPS) is 12.6. The van der Waals surface area contributed by atoms with Crippen molar-refractivity contribution in [2.24, 2.45) is 0 Å². The number of nitrogens with zero attached hydrogens (tertiary/aromatic N) is 2. The summed E-state index contributed by atoms with van der Waals surface area (Å²) in [6, 6.07) is 0. The monoisotopic (exact) mass is 343 g/mol. The van der Waals surface area contributed by atoms with E-state index in [1.54, 1.807) is 0 Å². The van der Waals surface area contributed by atoms with Crippen LogP contribution < -0.4 is 5.32 Å². The summed E-state index contributed by atoms with van der Waals surface area (Å²) in [4.78, 5) is 9.39. The number of hydrogen-bond acceptors (Lipinski definition) is 4. The smallest absolute Gasteiger partial charge is 0.162 e. The Labute approximate surface area is 130 Å². The van der Waals surface area contributed by atoms with E-state index in [0.29, 0.717) is 12.4 Å². The summed E-state index contributed by atoms with van der Waals surface area (Å²) < 4.78 is 6.72. The standard InChI is InChI=1S/C15H26BrN3O/c1-8-17-12-10(16)11(14(3,4)5)18-13(19-12)15(6,7)20-9-2/h8-9H2,1-7H3,(H,17,18,19). The molecule has 0 saturated carbocycles. The first-order valence-corrected chi connectivity index (χ1v) is 7.89. The van der Waals surface area contributed by atoms with Gasteiger partial charge in [-0.3, -0.25) is 0 Å². The average molecular weight is 344 g/mol. The molecule has 0 radical (unpaired) electrons. The maximum absolute atomic E-state index is 5.79. The summed E-state index contributed by atoms with van der Waals surface area (Å²) in [5.41, 5.74) is 0.425. The molecule has 1 aromatic heterocycles. The van der Waals surface area contributed by atoms with Gasteiger partial charge in [0.1, 0.15) is 11.4 Å². The zero-order chi connectivity index (χ0) is 15.6. The van der Waals surface area contributed by atoms with Crippen molar-refractivity contribution in [3.63, 3.8) is 0 Å². The van der Waals surface area contributed by atoms with Crippen LogP contribution in [-0.2, 0) is 15.8 Å². The van der Waals surface area contributed by atoms with Crippen molar-refractivity contribution in [2.45, 2.75) is 59.5 Å². The lowest BCUT2D eigenvalue weighted by Crippen LogP contribution is -2.28. The van der Waals surface area contributed by atoms with E-state index in [1.165, 1.54) is 0 Å². The van der Waals surface area contributed by atoms with Crippen molar-refractivity contribution in [1.82, 2.24) is 9.97 Å². The zero-order valence-electron chi connectivity index (χ0n) is 13.6. The SMILES string of the molecule is CCNc1nc(C(C)(C)OCC)nc(C(C)(C)C)c1Br. The number of rotatable bonds is 5. The predicted molar refractivity (Wildman–Crippen MR) is 87.2 cm³/mol. The highest BCUT2D eigenvalue weighted by molar-refractivity contribution is 9.10. The van der Waals surface area contributed by atoms with Gasteiger partial charge in [0.15, 0.2) is 5.82 Å². The van der Waals surface area contributed by atoms with E-state index < -0.39 is 5.60 Å². The Morgan fingerprint density at radius 1 is 1.10 bits per heavy atom. The third-order valence-corrected chi connectivity index (χ3v) is 3.70. The third-order valence-electron chi connectivity index (χ3n) is 2.95. The maximum atomic E-state index is 5.79. The van der Waals surface area contributed by atoms with Crippen molar-refractivity contribution in [3.8, 4) is 0 Å². The molecule has 4 nitrogen and oxygen atoms in total. The molecule has 5 heteroatoms. The van der Waals surface area contributed by atoms with Crippen LogP contribution in [0.5, 0.6) is 0 Å². The van der Waals surface area contributed by atoms with Crippen molar-refractivity contribution >= 4 is 21.7 Å². The van der Waals surface area contributed by atoms with Gasteiger partial charge in [-0.2, -0.15) is 0 Å². The fourth-order valence-electron chi connectivity index (χ4n) is 1.92. The lowest BCUT2D eigenvalue weighted by atomic mass is 9.91. The summed E-state index contributed by atoms with van der Waals surface area (Å²) >= 11 is 3.63. The summed E-state index contributed by atoms with van der Waals surface area (Å²) in [5, 5.41) is 3.29. The van der Waals surface area contributed by atoms with Crippen molar-refractivity contribution in [3.05, 3.63) is 16.0 Å². The lowest BCUT2D eigenvalue weighted by Gasteiger charge is -2.27. The number of ether oxygens (including phenoxy) is 1. The Morgan fingerprint density at radius 2 is 1.70 bits per heavy atom. The molecule has 0 bridgehead atoms. The minimum atomic E-state index is -0.500. The highest BCUT2D eigenvalue weighted by Crippen LogP contribution is 2.35. The van der Waals surface area contributed by atoms with Crippen LogP contribution in [0.3, 0.4) is 0 Å². The molecular weight excluding hydrogens is 318 g/mol. The molecule has 0 saturated heterocycles. The number of hydrogen-bond donors (Lipinski definition) is 1. The first-order chi connectivity index (χ1) is 9.13. The average Bonchev–Trinajstić information content (AvgIpc) is 2.30. The van der Waals surface area contributed by atoms with E-state index in [4.69, 9.17) is 9.72 Å². The second kappa shape index (κ2) is 6.39. The van der Waals surface area contributed by atoms with E-state index >= 15 is 0 Å². The van der Waals surface area contributed by atoms with E-state index in [0.717, 1.165) is 22.5 Å². The fourth-order valence-corrected chi connectivity index (χ4v) is 2.84. The Balaban J connectivity index is 3.44. The molecule has 0 spiro atoms. The molecule has 114 valence electrons. The summed E-state index contributed by atoms with van der Waals surface area (Å²) in [7, 11) is 0. The first-order valence-electron chi connectivity index (χ1n) is 7.09. The van der Waals surface area contributed by atoms with Crippen LogP contribution in [-0.4, -0.2) is 23.1 Å². The number of aromatic nitrogens is 2. The van der Waals surface area contributed by atoms with E-state index in [2.05, 4.69) is 53.9 Å². The van der Waals surface area contributed by atoms with E-state index in [1.807, 2.05) is 20.8 Å². The molecular formula is C15H26BrN3O. The third kappa shape index (κ3) is 3.92. The van der Waals surface area contributed by atoms with Gasteiger partial charge in [-0.15, -0.1) is 0 Å². The van der Waals surface area contributed by atoms with Gasteiger partial charge in [-0.25, -0.2) is 9.97 Å². The molecule has 0 amide bonds. The van der Waals surface area contributed by atoms with Gasteiger partial charge < -0.3 is 10.1 Å². The highest BCUT2D eigenvalue weighted by atomic mass is 79.9. The molecule has 0 aliphatic heterocycles. The molecule has 0 aromatic carbocycles. The van der Waals surface area contributed by atoms with Gasteiger partial charge in [0.05, 0.1) is 10.2 Å². The van der Waals surface area contributed by atoms with Crippen LogP contribution in [0.25, 0.3) is 0 Å². The van der Waals surface area contributed by atoms with Crippen LogP contribution in [0, 0.1) is 0 Å². The van der Waals surface area contributed by atoms with Gasteiger partial charge in [0.2, 0.25) is 0 Å². The quantitative estimate of drug-likeness (QED) is 0.868. The van der Waals surface area contributed by atoms with Crippen molar-refractivity contribution < 1.29 is 4.74 Å². The van der Waals surface area contributed by atoms with E-state index in [9.17, 15) is 0 Å². The first kappa shape index (κ1) is 17.4. The number of anilines is 1. The molecule has 0 fully saturated rings. The minimum absolute atomic E-state index is 0.0665. The van der Waals surface area contributed by atoms with Crippen LogP contribution >= 0.6 is 15.9 Å².